The Morgan fingerprint density at radius 1 is 1.25 bits per heavy atom. The van der Waals surface area contributed by atoms with Crippen LogP contribution in [-0.2, 0) is 15.8 Å². The van der Waals surface area contributed by atoms with Gasteiger partial charge in [-0.15, -0.1) is 0 Å². The molecule has 1 aliphatic heterocycles. The number of aliphatic hydroxyl groups is 1. The average Bonchev–Trinajstić information content (AvgIpc) is 2.38. The van der Waals surface area contributed by atoms with E-state index in [9.17, 15) is 5.11 Å². The fraction of sp³-hybridized carbons (Fsp3) is 0.667. The molecule has 1 saturated heterocycles. The molecule has 0 spiro atoms. The van der Waals surface area contributed by atoms with Crippen LogP contribution in [0.1, 0.15) is 64.5 Å². The molecule has 1 N–H and O–H groups in total. The van der Waals surface area contributed by atoms with Gasteiger partial charge < -0.3 is 9.84 Å². The van der Waals surface area contributed by atoms with E-state index in [1.54, 1.807) is 0 Å². The Kier molecular flexibility index (Phi) is 4.55. The van der Waals surface area contributed by atoms with Crippen molar-refractivity contribution < 1.29 is 9.84 Å². The van der Waals surface area contributed by atoms with Gasteiger partial charge in [-0.2, -0.15) is 0 Å². The van der Waals surface area contributed by atoms with Crippen LogP contribution in [0.3, 0.4) is 0 Å². The average molecular weight is 276 g/mol. The molecule has 2 rings (SSSR count). The molecule has 2 atom stereocenters. The molecule has 1 fully saturated rings. The van der Waals surface area contributed by atoms with Crippen LogP contribution in [0.4, 0.5) is 0 Å². The highest BCUT2D eigenvalue weighted by atomic mass is 16.5. The number of benzene rings is 1. The van der Waals surface area contributed by atoms with Gasteiger partial charge >= 0.3 is 0 Å². The molecule has 2 nitrogen and oxygen atoms in total. The number of hydrogen-bond donors (Lipinski definition) is 1. The van der Waals surface area contributed by atoms with Gasteiger partial charge in [0.2, 0.25) is 0 Å². The molecule has 2 unspecified atom stereocenters. The van der Waals surface area contributed by atoms with E-state index in [2.05, 4.69) is 52.0 Å². The summed E-state index contributed by atoms with van der Waals surface area (Å²) in [5.74, 6) is 0. The largest absolute Gasteiger partial charge is 0.385 e. The topological polar surface area (TPSA) is 29.5 Å². The lowest BCUT2D eigenvalue weighted by molar-refractivity contribution is -0.110. The minimum Gasteiger partial charge on any atom is -0.385 e. The van der Waals surface area contributed by atoms with E-state index in [0.29, 0.717) is 13.0 Å². The van der Waals surface area contributed by atoms with E-state index in [0.717, 1.165) is 24.8 Å². The SMILES string of the molecule is CCCC1CC(O)(c2ccc(C(C)(C)C)cc2)CCO1. The fourth-order valence-electron chi connectivity index (χ4n) is 2.98. The smallest absolute Gasteiger partial charge is 0.0943 e. The van der Waals surface area contributed by atoms with Crippen molar-refractivity contribution in [3.63, 3.8) is 0 Å². The summed E-state index contributed by atoms with van der Waals surface area (Å²) in [6.07, 6.45) is 3.74. The van der Waals surface area contributed by atoms with E-state index >= 15 is 0 Å². The van der Waals surface area contributed by atoms with Crippen molar-refractivity contribution >= 4 is 0 Å². The maximum Gasteiger partial charge on any atom is 0.0943 e. The lowest BCUT2D eigenvalue weighted by Crippen LogP contribution is -2.38. The zero-order valence-corrected chi connectivity index (χ0v) is 13.3. The molecule has 0 bridgehead atoms. The van der Waals surface area contributed by atoms with Gasteiger partial charge in [0.15, 0.2) is 0 Å². The molecule has 0 radical (unpaired) electrons. The predicted molar refractivity (Wildman–Crippen MR) is 82.9 cm³/mol. The highest BCUT2D eigenvalue weighted by molar-refractivity contribution is 5.31. The van der Waals surface area contributed by atoms with Gasteiger partial charge in [-0.3, -0.25) is 0 Å². The van der Waals surface area contributed by atoms with Crippen LogP contribution in [0.15, 0.2) is 24.3 Å². The van der Waals surface area contributed by atoms with Gasteiger partial charge in [-0.1, -0.05) is 58.4 Å². The summed E-state index contributed by atoms with van der Waals surface area (Å²) in [5.41, 5.74) is 1.78. The quantitative estimate of drug-likeness (QED) is 0.898. The first kappa shape index (κ1) is 15.5. The first-order valence-electron chi connectivity index (χ1n) is 7.80. The third-order valence-corrected chi connectivity index (χ3v) is 4.33. The standard InChI is InChI=1S/C18H28O2/c1-5-6-16-13-18(19,11-12-20-16)15-9-7-14(8-10-15)17(2,3)4/h7-10,16,19H,5-6,11-13H2,1-4H3. The monoisotopic (exact) mass is 276 g/mol. The fourth-order valence-corrected chi connectivity index (χ4v) is 2.98. The van der Waals surface area contributed by atoms with Crippen LogP contribution in [0.2, 0.25) is 0 Å². The molecule has 0 saturated carbocycles. The second-order valence-electron chi connectivity index (χ2n) is 7.09. The molecule has 0 aromatic heterocycles. The molecular formula is C18H28O2. The lowest BCUT2D eigenvalue weighted by atomic mass is 9.80. The van der Waals surface area contributed by atoms with E-state index in [1.165, 1.54) is 5.56 Å². The van der Waals surface area contributed by atoms with E-state index in [-0.39, 0.29) is 11.5 Å². The highest BCUT2D eigenvalue weighted by Gasteiger charge is 2.36. The molecule has 1 heterocycles. The molecule has 0 amide bonds. The summed E-state index contributed by atoms with van der Waals surface area (Å²) >= 11 is 0. The Bertz CT molecular complexity index is 428. The van der Waals surface area contributed by atoms with E-state index in [4.69, 9.17) is 4.74 Å². The predicted octanol–water partition coefficient (Wildman–Crippen LogP) is 4.15. The second kappa shape index (κ2) is 5.87. The molecule has 0 aliphatic carbocycles. The highest BCUT2D eigenvalue weighted by Crippen LogP contribution is 2.36. The van der Waals surface area contributed by atoms with Crippen LogP contribution in [0, 0.1) is 0 Å². The maximum atomic E-state index is 11.0. The molecular weight excluding hydrogens is 248 g/mol. The van der Waals surface area contributed by atoms with Crippen LogP contribution in [0.25, 0.3) is 0 Å². The molecule has 112 valence electrons. The van der Waals surface area contributed by atoms with Gasteiger partial charge in [0.25, 0.3) is 0 Å². The Hall–Kier alpha value is -0.860. The Labute approximate surface area is 123 Å². The van der Waals surface area contributed by atoms with Gasteiger partial charge in [0.05, 0.1) is 18.3 Å². The van der Waals surface area contributed by atoms with Crippen LogP contribution in [-0.4, -0.2) is 17.8 Å². The zero-order valence-electron chi connectivity index (χ0n) is 13.3. The minimum absolute atomic E-state index is 0.154. The summed E-state index contributed by atoms with van der Waals surface area (Å²) in [4.78, 5) is 0. The summed E-state index contributed by atoms with van der Waals surface area (Å²) in [7, 11) is 0. The molecule has 1 aliphatic rings. The first-order chi connectivity index (χ1) is 9.35. The van der Waals surface area contributed by atoms with Crippen molar-refractivity contribution in [2.75, 3.05) is 6.61 Å². The minimum atomic E-state index is -0.714. The van der Waals surface area contributed by atoms with Gasteiger partial charge in [0.1, 0.15) is 0 Å². The second-order valence-corrected chi connectivity index (χ2v) is 7.09. The van der Waals surface area contributed by atoms with Crippen molar-refractivity contribution in [2.45, 2.75) is 70.5 Å². The Morgan fingerprint density at radius 3 is 2.45 bits per heavy atom. The van der Waals surface area contributed by atoms with Crippen LogP contribution in [0.5, 0.6) is 0 Å². The van der Waals surface area contributed by atoms with Gasteiger partial charge in [-0.05, 0) is 23.0 Å². The molecule has 20 heavy (non-hydrogen) atoms. The van der Waals surface area contributed by atoms with Gasteiger partial charge in [0, 0.05) is 12.8 Å². The van der Waals surface area contributed by atoms with Crippen molar-refractivity contribution in [2.24, 2.45) is 0 Å². The maximum absolute atomic E-state index is 11.0. The van der Waals surface area contributed by atoms with Gasteiger partial charge in [-0.25, -0.2) is 0 Å². The Balaban J connectivity index is 2.17. The van der Waals surface area contributed by atoms with E-state index in [1.807, 2.05) is 0 Å². The number of hydrogen-bond acceptors (Lipinski definition) is 2. The summed E-state index contributed by atoms with van der Waals surface area (Å²) in [6.45, 7) is 9.45. The Morgan fingerprint density at radius 2 is 1.90 bits per heavy atom. The van der Waals surface area contributed by atoms with Crippen molar-refractivity contribution in [3.8, 4) is 0 Å². The number of rotatable bonds is 3. The third kappa shape index (κ3) is 3.42. The zero-order chi connectivity index (χ0) is 14.8. The van der Waals surface area contributed by atoms with Crippen LogP contribution >= 0.6 is 0 Å². The molecule has 2 heteroatoms. The molecule has 1 aromatic carbocycles. The van der Waals surface area contributed by atoms with Crippen molar-refractivity contribution in [1.29, 1.82) is 0 Å². The van der Waals surface area contributed by atoms with E-state index < -0.39 is 5.60 Å². The number of ether oxygens (including phenoxy) is 1. The normalized spacial score (nSPS) is 27.6. The summed E-state index contributed by atoms with van der Waals surface area (Å²) < 4.78 is 5.75. The third-order valence-electron chi connectivity index (χ3n) is 4.33. The van der Waals surface area contributed by atoms with Crippen LogP contribution < -0.4 is 0 Å². The first-order valence-corrected chi connectivity index (χ1v) is 7.80. The van der Waals surface area contributed by atoms with Crippen molar-refractivity contribution in [3.05, 3.63) is 35.4 Å². The summed E-state index contributed by atoms with van der Waals surface area (Å²) in [5, 5.41) is 11.0. The lowest BCUT2D eigenvalue weighted by Gasteiger charge is -2.37. The van der Waals surface area contributed by atoms with Crippen molar-refractivity contribution in [1.82, 2.24) is 0 Å². The molecule has 1 aromatic rings. The summed E-state index contributed by atoms with van der Waals surface area (Å²) in [6, 6.07) is 8.49.